The third-order valence-electron chi connectivity index (χ3n) is 5.11. The van der Waals surface area contributed by atoms with E-state index in [9.17, 15) is 4.79 Å². The lowest BCUT2D eigenvalue weighted by molar-refractivity contribution is -0.118. The van der Waals surface area contributed by atoms with E-state index >= 15 is 0 Å². The predicted octanol–water partition coefficient (Wildman–Crippen LogP) is 5.21. The van der Waals surface area contributed by atoms with E-state index in [1.54, 1.807) is 11.0 Å². The number of nitrogens with zero attached hydrogens (tertiary/aromatic N) is 1. The second-order valence-electron chi connectivity index (χ2n) is 6.81. The summed E-state index contributed by atoms with van der Waals surface area (Å²) in [5, 5.41) is 0. The molecule has 1 fully saturated rings. The van der Waals surface area contributed by atoms with E-state index in [-0.39, 0.29) is 5.91 Å². The van der Waals surface area contributed by atoms with E-state index in [0.29, 0.717) is 5.92 Å². The number of allylic oxidation sites excluding steroid dienone is 1. The van der Waals surface area contributed by atoms with E-state index in [1.165, 1.54) is 19.3 Å². The number of carbonyl (C=O) groups excluding carboxylic acids is 1. The summed E-state index contributed by atoms with van der Waals surface area (Å²) in [6, 6.07) is 19.8. The van der Waals surface area contributed by atoms with Crippen molar-refractivity contribution in [1.82, 2.24) is 0 Å². The molecule has 0 saturated heterocycles. The SMILES string of the molecule is O=C1C=C(C2CCCCC2)OC(c2ccccc2)N1c1ccccc1. The maximum Gasteiger partial charge on any atom is 0.257 e. The molecule has 0 spiro atoms. The molecule has 1 atom stereocenters. The minimum atomic E-state index is -0.405. The zero-order valence-corrected chi connectivity index (χ0v) is 14.3. The highest BCUT2D eigenvalue weighted by Crippen LogP contribution is 2.39. The van der Waals surface area contributed by atoms with Gasteiger partial charge in [0.05, 0.1) is 0 Å². The van der Waals surface area contributed by atoms with Crippen molar-refractivity contribution >= 4 is 11.6 Å². The molecule has 2 aliphatic rings. The zero-order valence-electron chi connectivity index (χ0n) is 14.3. The monoisotopic (exact) mass is 333 g/mol. The van der Waals surface area contributed by atoms with Crippen LogP contribution in [-0.2, 0) is 9.53 Å². The molecule has 1 saturated carbocycles. The number of anilines is 1. The van der Waals surface area contributed by atoms with Gasteiger partial charge in [0, 0.05) is 23.2 Å². The van der Waals surface area contributed by atoms with Gasteiger partial charge >= 0.3 is 0 Å². The first-order valence-corrected chi connectivity index (χ1v) is 9.14. The highest BCUT2D eigenvalue weighted by Gasteiger charge is 2.35. The Balaban J connectivity index is 1.71. The van der Waals surface area contributed by atoms with Gasteiger partial charge in [0.1, 0.15) is 5.76 Å². The summed E-state index contributed by atoms with van der Waals surface area (Å²) >= 11 is 0. The zero-order chi connectivity index (χ0) is 17.1. The van der Waals surface area contributed by atoms with Crippen LogP contribution in [0.1, 0.15) is 43.9 Å². The number of para-hydroxylation sites is 1. The van der Waals surface area contributed by atoms with E-state index in [0.717, 1.165) is 29.9 Å². The predicted molar refractivity (Wildman–Crippen MR) is 98.9 cm³/mol. The molecule has 1 aliphatic heterocycles. The van der Waals surface area contributed by atoms with Gasteiger partial charge in [0.15, 0.2) is 0 Å². The lowest BCUT2D eigenvalue weighted by Gasteiger charge is -2.38. The Labute approximate surface area is 148 Å². The third kappa shape index (κ3) is 3.32. The number of hydrogen-bond donors (Lipinski definition) is 0. The van der Waals surface area contributed by atoms with Crippen molar-refractivity contribution in [3.63, 3.8) is 0 Å². The van der Waals surface area contributed by atoms with Gasteiger partial charge in [-0.15, -0.1) is 0 Å². The molecule has 2 aromatic carbocycles. The normalized spacial score (nSPS) is 21.6. The van der Waals surface area contributed by atoms with E-state index in [2.05, 4.69) is 0 Å². The first kappa shape index (κ1) is 15.9. The van der Waals surface area contributed by atoms with Crippen molar-refractivity contribution in [1.29, 1.82) is 0 Å². The van der Waals surface area contributed by atoms with Crippen LogP contribution in [0.2, 0.25) is 0 Å². The fourth-order valence-electron chi connectivity index (χ4n) is 3.81. The summed E-state index contributed by atoms with van der Waals surface area (Å²) in [5.74, 6) is 1.25. The van der Waals surface area contributed by atoms with Crippen LogP contribution in [0.15, 0.2) is 72.5 Å². The molecule has 0 bridgehead atoms. The first-order chi connectivity index (χ1) is 12.3. The van der Waals surface area contributed by atoms with Crippen LogP contribution in [0.25, 0.3) is 0 Å². The quantitative estimate of drug-likeness (QED) is 0.771. The highest BCUT2D eigenvalue weighted by molar-refractivity contribution is 6.02. The Kier molecular flexibility index (Phi) is 4.55. The van der Waals surface area contributed by atoms with Gasteiger partial charge in [-0.1, -0.05) is 67.8 Å². The summed E-state index contributed by atoms with van der Waals surface area (Å²) in [4.78, 5) is 14.8. The van der Waals surface area contributed by atoms with Crippen LogP contribution < -0.4 is 4.90 Å². The molecule has 4 rings (SSSR count). The van der Waals surface area contributed by atoms with Gasteiger partial charge in [-0.25, -0.2) is 0 Å². The van der Waals surface area contributed by atoms with Crippen molar-refractivity contribution in [2.24, 2.45) is 5.92 Å². The number of benzene rings is 2. The molecule has 1 amide bonds. The average Bonchev–Trinajstić information content (AvgIpc) is 2.69. The number of hydrogen-bond acceptors (Lipinski definition) is 2. The van der Waals surface area contributed by atoms with Crippen LogP contribution >= 0.6 is 0 Å². The van der Waals surface area contributed by atoms with E-state index in [4.69, 9.17) is 4.74 Å². The average molecular weight is 333 g/mol. The van der Waals surface area contributed by atoms with Crippen LogP contribution in [-0.4, -0.2) is 5.91 Å². The van der Waals surface area contributed by atoms with Crippen LogP contribution in [0.3, 0.4) is 0 Å². The van der Waals surface area contributed by atoms with Gasteiger partial charge in [0.2, 0.25) is 6.23 Å². The van der Waals surface area contributed by atoms with E-state index in [1.807, 2.05) is 60.7 Å². The van der Waals surface area contributed by atoms with Gasteiger partial charge in [-0.3, -0.25) is 9.69 Å². The van der Waals surface area contributed by atoms with Crippen molar-refractivity contribution in [3.8, 4) is 0 Å². The Hall–Kier alpha value is -2.55. The van der Waals surface area contributed by atoms with E-state index < -0.39 is 6.23 Å². The maximum atomic E-state index is 13.0. The van der Waals surface area contributed by atoms with Gasteiger partial charge in [-0.2, -0.15) is 0 Å². The minimum absolute atomic E-state index is 0.00637. The molecule has 25 heavy (non-hydrogen) atoms. The molecule has 0 radical (unpaired) electrons. The molecule has 3 nitrogen and oxygen atoms in total. The standard InChI is InChI=1S/C22H23NO2/c24-21-16-20(17-10-4-1-5-11-17)25-22(18-12-6-2-7-13-18)23(21)19-14-8-3-9-15-19/h2-3,6-9,12-17,22H,1,4-5,10-11H2. The minimum Gasteiger partial charge on any atom is -0.470 e. The number of rotatable bonds is 3. The fourth-order valence-corrected chi connectivity index (χ4v) is 3.81. The summed E-state index contributed by atoms with van der Waals surface area (Å²) in [6.07, 6.45) is 7.27. The second kappa shape index (κ2) is 7.14. The first-order valence-electron chi connectivity index (χ1n) is 9.14. The molecular weight excluding hydrogens is 310 g/mol. The summed E-state index contributed by atoms with van der Waals surface area (Å²) in [7, 11) is 0. The molecule has 1 aliphatic carbocycles. The lowest BCUT2D eigenvalue weighted by atomic mass is 9.87. The topological polar surface area (TPSA) is 29.5 Å². The largest absolute Gasteiger partial charge is 0.470 e. The molecule has 128 valence electrons. The van der Waals surface area contributed by atoms with Gasteiger partial charge < -0.3 is 4.74 Å². The summed E-state index contributed by atoms with van der Waals surface area (Å²) in [6.45, 7) is 0. The fraction of sp³-hybridized carbons (Fsp3) is 0.318. The number of ether oxygens (including phenoxy) is 1. The highest BCUT2D eigenvalue weighted by atomic mass is 16.5. The van der Waals surface area contributed by atoms with Gasteiger partial charge in [0.25, 0.3) is 5.91 Å². The Morgan fingerprint density at radius 2 is 1.48 bits per heavy atom. The van der Waals surface area contributed by atoms with Crippen molar-refractivity contribution in [3.05, 3.63) is 78.1 Å². The maximum absolute atomic E-state index is 13.0. The van der Waals surface area contributed by atoms with Crippen LogP contribution in [0, 0.1) is 5.92 Å². The third-order valence-corrected chi connectivity index (χ3v) is 5.11. The molecule has 1 heterocycles. The molecule has 0 N–H and O–H groups in total. The Morgan fingerprint density at radius 3 is 2.16 bits per heavy atom. The summed E-state index contributed by atoms with van der Waals surface area (Å²) in [5.41, 5.74) is 1.86. The number of carbonyl (C=O) groups is 1. The molecular formula is C22H23NO2. The lowest BCUT2D eigenvalue weighted by Crippen LogP contribution is -2.39. The molecule has 2 aromatic rings. The Morgan fingerprint density at radius 1 is 0.840 bits per heavy atom. The smallest absolute Gasteiger partial charge is 0.257 e. The number of amides is 1. The van der Waals surface area contributed by atoms with Crippen molar-refractivity contribution < 1.29 is 9.53 Å². The summed E-state index contributed by atoms with van der Waals surface area (Å²) < 4.78 is 6.42. The van der Waals surface area contributed by atoms with Crippen LogP contribution in [0.5, 0.6) is 0 Å². The molecule has 3 heteroatoms. The second-order valence-corrected chi connectivity index (χ2v) is 6.81. The Bertz CT molecular complexity index is 748. The molecule has 0 aromatic heterocycles. The van der Waals surface area contributed by atoms with Crippen molar-refractivity contribution in [2.45, 2.75) is 38.3 Å². The molecule has 1 unspecified atom stereocenters. The van der Waals surface area contributed by atoms with Gasteiger partial charge in [-0.05, 0) is 25.0 Å². The van der Waals surface area contributed by atoms with Crippen LogP contribution in [0.4, 0.5) is 5.69 Å². The van der Waals surface area contributed by atoms with Crippen molar-refractivity contribution in [2.75, 3.05) is 4.90 Å².